The van der Waals surface area contributed by atoms with Gasteiger partial charge in [0.05, 0.1) is 26.9 Å². The first-order valence-corrected chi connectivity index (χ1v) is 6.99. The Hall–Kier alpha value is -1.14. The molecule has 1 N–H and O–H groups in total. The predicted molar refractivity (Wildman–Crippen MR) is 77.6 cm³/mol. The average Bonchev–Trinajstić information content (AvgIpc) is 2.48. The van der Waals surface area contributed by atoms with Gasteiger partial charge in [0.15, 0.2) is 0 Å². The predicted octanol–water partition coefficient (Wildman–Crippen LogP) is 1.74. The third-order valence-corrected chi connectivity index (χ3v) is 3.49. The van der Waals surface area contributed by atoms with E-state index in [-0.39, 0.29) is 6.04 Å². The molecular weight excluding hydrogens is 256 g/mol. The summed E-state index contributed by atoms with van der Waals surface area (Å²) in [6.45, 7) is 6.14. The Morgan fingerprint density at radius 1 is 1.30 bits per heavy atom. The zero-order chi connectivity index (χ0) is 14.4. The molecule has 20 heavy (non-hydrogen) atoms. The number of benzene rings is 1. The number of hydrogen-bond donors (Lipinski definition) is 1. The van der Waals surface area contributed by atoms with Crippen molar-refractivity contribution in [1.29, 1.82) is 0 Å². The van der Waals surface area contributed by atoms with Crippen LogP contribution >= 0.6 is 0 Å². The van der Waals surface area contributed by atoms with Crippen LogP contribution in [0.2, 0.25) is 0 Å². The lowest BCUT2D eigenvalue weighted by Crippen LogP contribution is -2.46. The van der Waals surface area contributed by atoms with Gasteiger partial charge in [0, 0.05) is 31.8 Å². The lowest BCUT2D eigenvalue weighted by atomic mass is 10.0. The van der Waals surface area contributed by atoms with E-state index in [1.807, 2.05) is 6.07 Å². The summed E-state index contributed by atoms with van der Waals surface area (Å²) in [5.41, 5.74) is 5.81. The van der Waals surface area contributed by atoms with Gasteiger partial charge in [-0.2, -0.15) is 0 Å². The van der Waals surface area contributed by atoms with E-state index in [4.69, 9.17) is 14.2 Å². The number of rotatable bonds is 6. The van der Waals surface area contributed by atoms with E-state index in [2.05, 4.69) is 29.5 Å². The van der Waals surface area contributed by atoms with Crippen molar-refractivity contribution in [3.63, 3.8) is 0 Å². The second-order valence-corrected chi connectivity index (χ2v) is 4.95. The minimum absolute atomic E-state index is 0.245. The molecule has 5 heteroatoms. The zero-order valence-electron chi connectivity index (χ0n) is 12.5. The summed E-state index contributed by atoms with van der Waals surface area (Å²) in [6.07, 6.45) is 0. The topological polar surface area (TPSA) is 43.0 Å². The van der Waals surface area contributed by atoms with Crippen LogP contribution in [0.3, 0.4) is 0 Å². The molecule has 0 bridgehead atoms. The molecule has 0 aliphatic carbocycles. The maximum absolute atomic E-state index is 5.36. The highest BCUT2D eigenvalue weighted by atomic mass is 16.5. The molecule has 1 heterocycles. The molecule has 1 aromatic rings. The van der Waals surface area contributed by atoms with Crippen LogP contribution in [0.4, 0.5) is 0 Å². The van der Waals surface area contributed by atoms with Crippen LogP contribution in [0, 0.1) is 0 Å². The smallest absolute Gasteiger partial charge is 0.124 e. The fraction of sp³-hybridized carbons (Fsp3) is 0.600. The van der Waals surface area contributed by atoms with Gasteiger partial charge in [-0.05, 0) is 24.6 Å². The Morgan fingerprint density at radius 3 is 2.70 bits per heavy atom. The Balaban J connectivity index is 2.04. The summed E-state index contributed by atoms with van der Waals surface area (Å²) in [7, 11) is 3.38. The number of methoxy groups -OCH3 is 2. The SMILES string of the molecule is COCc1cc(C(C)NN2CCOCC2)ccc1OC. The van der Waals surface area contributed by atoms with Crippen LogP contribution in [0.1, 0.15) is 24.1 Å². The molecular formula is C15H24N2O3. The number of hydrogen-bond acceptors (Lipinski definition) is 5. The van der Waals surface area contributed by atoms with Crippen LogP contribution < -0.4 is 10.2 Å². The molecule has 0 saturated carbocycles. The Labute approximate surface area is 120 Å². The minimum atomic E-state index is 0.245. The molecule has 1 aliphatic heterocycles. The van der Waals surface area contributed by atoms with Crippen molar-refractivity contribution in [2.24, 2.45) is 0 Å². The highest BCUT2D eigenvalue weighted by molar-refractivity contribution is 5.38. The lowest BCUT2D eigenvalue weighted by Gasteiger charge is -2.30. The number of ether oxygens (including phenoxy) is 3. The van der Waals surface area contributed by atoms with Crippen LogP contribution in [0.5, 0.6) is 5.75 Å². The van der Waals surface area contributed by atoms with Crippen LogP contribution in [-0.2, 0) is 16.1 Å². The van der Waals surface area contributed by atoms with Crippen molar-refractivity contribution >= 4 is 0 Å². The summed E-state index contributed by atoms with van der Waals surface area (Å²) in [5, 5.41) is 2.22. The maximum Gasteiger partial charge on any atom is 0.124 e. The van der Waals surface area contributed by atoms with E-state index in [1.165, 1.54) is 5.56 Å². The second kappa shape index (κ2) is 7.59. The van der Waals surface area contributed by atoms with Gasteiger partial charge in [0.1, 0.15) is 5.75 Å². The molecule has 1 unspecified atom stereocenters. The van der Waals surface area contributed by atoms with Crippen molar-refractivity contribution in [3.8, 4) is 5.75 Å². The van der Waals surface area contributed by atoms with E-state index in [9.17, 15) is 0 Å². The molecule has 1 fully saturated rings. The monoisotopic (exact) mass is 280 g/mol. The largest absolute Gasteiger partial charge is 0.496 e. The number of morpholine rings is 1. The van der Waals surface area contributed by atoms with Crippen molar-refractivity contribution in [1.82, 2.24) is 10.4 Å². The molecule has 1 atom stereocenters. The van der Waals surface area contributed by atoms with E-state index in [1.54, 1.807) is 14.2 Å². The van der Waals surface area contributed by atoms with E-state index < -0.39 is 0 Å². The Bertz CT molecular complexity index is 420. The van der Waals surface area contributed by atoms with Gasteiger partial charge in [-0.1, -0.05) is 6.07 Å². The summed E-state index contributed by atoms with van der Waals surface area (Å²) < 4.78 is 15.9. The zero-order valence-corrected chi connectivity index (χ0v) is 12.5. The fourth-order valence-corrected chi connectivity index (χ4v) is 2.38. The third-order valence-electron chi connectivity index (χ3n) is 3.49. The summed E-state index contributed by atoms with van der Waals surface area (Å²) in [5.74, 6) is 0.870. The highest BCUT2D eigenvalue weighted by Gasteiger charge is 2.15. The number of nitrogens with zero attached hydrogens (tertiary/aromatic N) is 1. The van der Waals surface area contributed by atoms with Crippen LogP contribution in [0.15, 0.2) is 18.2 Å². The summed E-state index contributed by atoms with van der Waals surface area (Å²) >= 11 is 0. The molecule has 5 nitrogen and oxygen atoms in total. The number of nitrogens with one attached hydrogen (secondary N) is 1. The summed E-state index contributed by atoms with van der Waals surface area (Å²) in [4.78, 5) is 0. The van der Waals surface area contributed by atoms with E-state index >= 15 is 0 Å². The molecule has 0 amide bonds. The number of hydrazine groups is 1. The summed E-state index contributed by atoms with van der Waals surface area (Å²) in [6, 6.07) is 6.48. The first-order chi connectivity index (χ1) is 9.74. The maximum atomic E-state index is 5.36. The van der Waals surface area contributed by atoms with Gasteiger partial charge >= 0.3 is 0 Å². The van der Waals surface area contributed by atoms with Gasteiger partial charge in [0.2, 0.25) is 0 Å². The standard InChI is InChI=1S/C15H24N2O3/c1-12(16-17-6-8-20-9-7-17)13-4-5-15(19-3)14(10-13)11-18-2/h4-5,10,12,16H,6-9,11H2,1-3H3. The van der Waals surface area contributed by atoms with Gasteiger partial charge < -0.3 is 14.2 Å². The minimum Gasteiger partial charge on any atom is -0.496 e. The van der Waals surface area contributed by atoms with Crippen LogP contribution in [0.25, 0.3) is 0 Å². The second-order valence-electron chi connectivity index (χ2n) is 4.95. The average molecular weight is 280 g/mol. The molecule has 1 aliphatic rings. The van der Waals surface area contributed by atoms with E-state index in [0.29, 0.717) is 6.61 Å². The highest BCUT2D eigenvalue weighted by Crippen LogP contribution is 2.24. The van der Waals surface area contributed by atoms with Crippen molar-refractivity contribution in [2.45, 2.75) is 19.6 Å². The van der Waals surface area contributed by atoms with Crippen molar-refractivity contribution in [2.75, 3.05) is 40.5 Å². The van der Waals surface area contributed by atoms with Crippen molar-refractivity contribution in [3.05, 3.63) is 29.3 Å². The molecule has 2 rings (SSSR count). The molecule has 112 valence electrons. The quantitative estimate of drug-likeness (QED) is 0.860. The normalized spacial score (nSPS) is 17.9. The fourth-order valence-electron chi connectivity index (χ4n) is 2.38. The Morgan fingerprint density at radius 2 is 2.05 bits per heavy atom. The van der Waals surface area contributed by atoms with Gasteiger partial charge in [0.25, 0.3) is 0 Å². The third kappa shape index (κ3) is 3.93. The van der Waals surface area contributed by atoms with Gasteiger partial charge in [-0.25, -0.2) is 10.4 Å². The lowest BCUT2D eigenvalue weighted by molar-refractivity contribution is 0.00483. The van der Waals surface area contributed by atoms with Crippen molar-refractivity contribution < 1.29 is 14.2 Å². The molecule has 1 aromatic carbocycles. The van der Waals surface area contributed by atoms with Gasteiger partial charge in [-0.15, -0.1) is 0 Å². The molecule has 0 aromatic heterocycles. The van der Waals surface area contributed by atoms with Crippen LogP contribution in [-0.4, -0.2) is 45.5 Å². The molecule has 1 saturated heterocycles. The molecule has 0 spiro atoms. The Kier molecular flexibility index (Phi) is 5.79. The first kappa shape index (κ1) is 15.3. The van der Waals surface area contributed by atoms with Gasteiger partial charge in [-0.3, -0.25) is 0 Å². The first-order valence-electron chi connectivity index (χ1n) is 6.99. The van der Waals surface area contributed by atoms with E-state index in [0.717, 1.165) is 37.6 Å². The molecule has 0 radical (unpaired) electrons.